The fourth-order valence-electron chi connectivity index (χ4n) is 1.73. The Morgan fingerprint density at radius 3 is 2.88 bits per heavy atom. The molecule has 0 aromatic carbocycles. The maximum absolute atomic E-state index is 12.3. The maximum atomic E-state index is 12.3. The highest BCUT2D eigenvalue weighted by Gasteiger charge is 2.31. The topological polar surface area (TPSA) is 49.4 Å². The zero-order chi connectivity index (χ0) is 11.8. The van der Waals surface area contributed by atoms with E-state index in [1.54, 1.807) is 16.4 Å². The summed E-state index contributed by atoms with van der Waals surface area (Å²) in [6.45, 7) is 3.90. The molecule has 1 fully saturated rings. The Hall–Kier alpha value is 0.0500. The molecule has 0 saturated carbocycles. The van der Waals surface area contributed by atoms with Gasteiger partial charge in [0.25, 0.3) is 10.0 Å². The average Bonchev–Trinajstić information content (AvgIpc) is 2.66. The maximum Gasteiger partial charge on any atom is 0.252 e. The van der Waals surface area contributed by atoms with Gasteiger partial charge in [0.05, 0.1) is 3.79 Å². The first-order chi connectivity index (χ1) is 7.51. The SMILES string of the molecule is CC1CNCCN1S(=O)(=O)c1ccc(Br)s1. The number of hydrogen-bond acceptors (Lipinski definition) is 4. The fourth-order valence-corrected chi connectivity index (χ4v) is 5.50. The smallest absolute Gasteiger partial charge is 0.252 e. The number of nitrogens with one attached hydrogen (secondary N) is 1. The highest BCUT2D eigenvalue weighted by atomic mass is 79.9. The Kier molecular flexibility index (Phi) is 3.70. The molecule has 1 aliphatic rings. The summed E-state index contributed by atoms with van der Waals surface area (Å²) in [6.07, 6.45) is 0. The Morgan fingerprint density at radius 1 is 1.56 bits per heavy atom. The van der Waals surface area contributed by atoms with Gasteiger partial charge in [0.1, 0.15) is 4.21 Å². The van der Waals surface area contributed by atoms with E-state index in [0.29, 0.717) is 17.3 Å². The van der Waals surface area contributed by atoms with E-state index < -0.39 is 10.0 Å². The molecular weight excluding hydrogens is 312 g/mol. The van der Waals surface area contributed by atoms with Crippen LogP contribution in [0.25, 0.3) is 0 Å². The van der Waals surface area contributed by atoms with Crippen LogP contribution in [0.1, 0.15) is 6.92 Å². The fraction of sp³-hybridized carbons (Fsp3) is 0.556. The Balaban J connectivity index is 2.31. The van der Waals surface area contributed by atoms with Crippen LogP contribution >= 0.6 is 27.3 Å². The van der Waals surface area contributed by atoms with Crippen molar-refractivity contribution in [3.63, 3.8) is 0 Å². The lowest BCUT2D eigenvalue weighted by Crippen LogP contribution is -2.51. The van der Waals surface area contributed by atoms with Gasteiger partial charge in [0.15, 0.2) is 0 Å². The van der Waals surface area contributed by atoms with E-state index >= 15 is 0 Å². The van der Waals surface area contributed by atoms with Crippen LogP contribution in [0.5, 0.6) is 0 Å². The molecule has 4 nitrogen and oxygen atoms in total. The van der Waals surface area contributed by atoms with Crippen molar-refractivity contribution >= 4 is 37.3 Å². The zero-order valence-electron chi connectivity index (χ0n) is 8.81. The third-order valence-corrected chi connectivity index (χ3v) is 6.66. The van der Waals surface area contributed by atoms with Gasteiger partial charge in [-0.25, -0.2) is 8.42 Å². The molecule has 1 aromatic heterocycles. The molecule has 90 valence electrons. The Bertz CT molecular complexity index is 472. The molecule has 2 rings (SSSR count). The molecule has 7 heteroatoms. The number of halogens is 1. The molecule has 0 spiro atoms. The average molecular weight is 325 g/mol. The minimum absolute atomic E-state index is 0.0135. The number of rotatable bonds is 2. The van der Waals surface area contributed by atoms with Crippen molar-refractivity contribution in [2.75, 3.05) is 19.6 Å². The number of piperazine rings is 1. The Labute approximate surface area is 108 Å². The van der Waals surface area contributed by atoms with Crippen LogP contribution in [0.2, 0.25) is 0 Å². The van der Waals surface area contributed by atoms with Gasteiger partial charge in [-0.15, -0.1) is 11.3 Å². The monoisotopic (exact) mass is 324 g/mol. The van der Waals surface area contributed by atoms with E-state index in [9.17, 15) is 8.42 Å². The van der Waals surface area contributed by atoms with Crippen LogP contribution < -0.4 is 5.32 Å². The van der Waals surface area contributed by atoms with E-state index in [1.165, 1.54) is 11.3 Å². The van der Waals surface area contributed by atoms with E-state index in [1.807, 2.05) is 6.92 Å². The summed E-state index contributed by atoms with van der Waals surface area (Å²) < 4.78 is 27.4. The highest BCUT2D eigenvalue weighted by Crippen LogP contribution is 2.29. The molecule has 16 heavy (non-hydrogen) atoms. The van der Waals surface area contributed by atoms with Gasteiger partial charge in [0, 0.05) is 25.7 Å². The minimum Gasteiger partial charge on any atom is -0.314 e. The summed E-state index contributed by atoms with van der Waals surface area (Å²) >= 11 is 4.54. The normalized spacial score (nSPS) is 23.5. The van der Waals surface area contributed by atoms with E-state index in [-0.39, 0.29) is 6.04 Å². The second-order valence-corrected chi connectivity index (χ2v) is 8.31. The summed E-state index contributed by atoms with van der Waals surface area (Å²) in [5.74, 6) is 0. The molecule has 0 bridgehead atoms. The van der Waals surface area contributed by atoms with Crippen molar-refractivity contribution in [1.82, 2.24) is 9.62 Å². The molecule has 1 atom stereocenters. The van der Waals surface area contributed by atoms with Crippen LogP contribution in [-0.4, -0.2) is 38.4 Å². The number of hydrogen-bond donors (Lipinski definition) is 1. The summed E-state index contributed by atoms with van der Waals surface area (Å²) in [7, 11) is -3.31. The molecule has 1 aliphatic heterocycles. The molecule has 1 saturated heterocycles. The standard InChI is InChI=1S/C9H13BrN2O2S2/c1-7-6-11-4-5-12(7)16(13,14)9-3-2-8(10)15-9/h2-3,7,11H,4-6H2,1H3. The number of thiophene rings is 1. The number of sulfonamides is 1. The lowest BCUT2D eigenvalue weighted by atomic mass is 10.3. The van der Waals surface area contributed by atoms with E-state index in [2.05, 4.69) is 21.2 Å². The van der Waals surface area contributed by atoms with Crippen molar-refractivity contribution in [1.29, 1.82) is 0 Å². The van der Waals surface area contributed by atoms with Gasteiger partial charge < -0.3 is 5.32 Å². The Morgan fingerprint density at radius 2 is 2.31 bits per heavy atom. The van der Waals surface area contributed by atoms with Crippen molar-refractivity contribution in [3.05, 3.63) is 15.9 Å². The predicted octanol–water partition coefficient (Wildman–Crippen LogP) is 1.49. The molecule has 2 heterocycles. The molecule has 1 unspecified atom stereocenters. The van der Waals surface area contributed by atoms with Crippen LogP contribution in [0, 0.1) is 0 Å². The van der Waals surface area contributed by atoms with E-state index in [0.717, 1.165) is 10.3 Å². The third kappa shape index (κ3) is 2.33. The van der Waals surface area contributed by atoms with Crippen molar-refractivity contribution in [3.8, 4) is 0 Å². The second kappa shape index (κ2) is 4.73. The van der Waals surface area contributed by atoms with Crippen LogP contribution in [-0.2, 0) is 10.0 Å². The molecule has 0 aliphatic carbocycles. The summed E-state index contributed by atoms with van der Waals surface area (Å²) in [4.78, 5) is 0. The van der Waals surface area contributed by atoms with Gasteiger partial charge in [-0.2, -0.15) is 4.31 Å². The van der Waals surface area contributed by atoms with Crippen molar-refractivity contribution in [2.24, 2.45) is 0 Å². The van der Waals surface area contributed by atoms with Crippen LogP contribution in [0.4, 0.5) is 0 Å². The van der Waals surface area contributed by atoms with Gasteiger partial charge in [-0.3, -0.25) is 0 Å². The lowest BCUT2D eigenvalue weighted by Gasteiger charge is -2.32. The predicted molar refractivity (Wildman–Crippen MR) is 68.2 cm³/mol. The van der Waals surface area contributed by atoms with Gasteiger partial charge in [-0.1, -0.05) is 0 Å². The molecule has 0 radical (unpaired) electrons. The summed E-state index contributed by atoms with van der Waals surface area (Å²) in [5, 5.41) is 3.18. The third-order valence-electron chi connectivity index (χ3n) is 2.55. The molecule has 1 aromatic rings. The van der Waals surface area contributed by atoms with Crippen LogP contribution in [0.15, 0.2) is 20.1 Å². The number of nitrogens with zero attached hydrogens (tertiary/aromatic N) is 1. The minimum atomic E-state index is -3.31. The lowest BCUT2D eigenvalue weighted by molar-refractivity contribution is 0.284. The van der Waals surface area contributed by atoms with Gasteiger partial charge >= 0.3 is 0 Å². The van der Waals surface area contributed by atoms with Gasteiger partial charge in [0.2, 0.25) is 0 Å². The van der Waals surface area contributed by atoms with Crippen molar-refractivity contribution < 1.29 is 8.42 Å². The summed E-state index contributed by atoms with van der Waals surface area (Å²) in [6, 6.07) is 3.43. The first-order valence-electron chi connectivity index (χ1n) is 5.00. The first kappa shape index (κ1) is 12.5. The highest BCUT2D eigenvalue weighted by molar-refractivity contribution is 9.11. The summed E-state index contributed by atoms with van der Waals surface area (Å²) in [5.41, 5.74) is 0. The largest absolute Gasteiger partial charge is 0.314 e. The zero-order valence-corrected chi connectivity index (χ0v) is 12.0. The molecule has 1 N–H and O–H groups in total. The van der Waals surface area contributed by atoms with Crippen molar-refractivity contribution in [2.45, 2.75) is 17.2 Å². The molecular formula is C9H13BrN2O2S2. The van der Waals surface area contributed by atoms with Gasteiger partial charge in [-0.05, 0) is 35.0 Å². The second-order valence-electron chi connectivity index (χ2n) is 3.73. The van der Waals surface area contributed by atoms with E-state index in [4.69, 9.17) is 0 Å². The first-order valence-corrected chi connectivity index (χ1v) is 8.04. The molecule has 0 amide bonds. The quantitative estimate of drug-likeness (QED) is 0.896. The van der Waals surface area contributed by atoms with Crippen LogP contribution in [0.3, 0.4) is 0 Å².